The smallest absolute Gasteiger partial charge is 0.161 e. The molecule has 3 aromatic rings. The maximum absolute atomic E-state index is 5.72. The van der Waals surface area contributed by atoms with Crippen molar-refractivity contribution in [2.45, 2.75) is 33.4 Å². The second-order valence-electron chi connectivity index (χ2n) is 5.47. The van der Waals surface area contributed by atoms with E-state index in [1.54, 1.807) is 12.4 Å². The number of aromatic nitrogens is 4. The van der Waals surface area contributed by atoms with Crippen molar-refractivity contribution in [2.75, 3.05) is 0 Å². The molecule has 2 N–H and O–H groups in total. The van der Waals surface area contributed by atoms with Crippen LogP contribution in [0.2, 0.25) is 0 Å². The summed E-state index contributed by atoms with van der Waals surface area (Å²) in [6.45, 7) is 6.73. The Labute approximate surface area is 123 Å². The average molecular weight is 281 g/mol. The van der Waals surface area contributed by atoms with Crippen LogP contribution in [-0.4, -0.2) is 19.5 Å². The van der Waals surface area contributed by atoms with Crippen LogP contribution in [0.15, 0.2) is 30.6 Å². The molecule has 0 radical (unpaired) electrons. The molecule has 108 valence electrons. The van der Waals surface area contributed by atoms with E-state index in [0.717, 1.165) is 33.8 Å². The summed E-state index contributed by atoms with van der Waals surface area (Å²) in [5.41, 5.74) is 10.5. The van der Waals surface area contributed by atoms with Crippen molar-refractivity contribution in [3.05, 3.63) is 41.9 Å². The minimum atomic E-state index is 0.289. The Balaban J connectivity index is 2.25. The van der Waals surface area contributed by atoms with E-state index >= 15 is 0 Å². The van der Waals surface area contributed by atoms with E-state index in [4.69, 9.17) is 10.7 Å². The quantitative estimate of drug-likeness (QED) is 0.801. The standard InChI is InChI=1S/C16H19N5/c1-10(2)21-15-5-4-12(7-17)6-13(15)20-16(21)14-9-18-11(3)8-19-14/h4-6,8-10H,7,17H2,1-3H3. The number of benzene rings is 1. The third-order valence-corrected chi connectivity index (χ3v) is 3.52. The van der Waals surface area contributed by atoms with Crippen molar-refractivity contribution in [2.24, 2.45) is 5.73 Å². The van der Waals surface area contributed by atoms with E-state index in [9.17, 15) is 0 Å². The Morgan fingerprint density at radius 1 is 1.19 bits per heavy atom. The van der Waals surface area contributed by atoms with Crippen LogP contribution in [0.4, 0.5) is 0 Å². The first-order valence-electron chi connectivity index (χ1n) is 7.10. The topological polar surface area (TPSA) is 69.6 Å². The molecule has 21 heavy (non-hydrogen) atoms. The van der Waals surface area contributed by atoms with Crippen LogP contribution in [-0.2, 0) is 6.54 Å². The Morgan fingerprint density at radius 3 is 2.62 bits per heavy atom. The zero-order chi connectivity index (χ0) is 15.0. The molecule has 0 spiro atoms. The van der Waals surface area contributed by atoms with Crippen LogP contribution in [0.5, 0.6) is 0 Å². The van der Waals surface area contributed by atoms with Gasteiger partial charge in [-0.2, -0.15) is 0 Å². The first-order chi connectivity index (χ1) is 10.1. The Bertz CT molecular complexity index is 771. The summed E-state index contributed by atoms with van der Waals surface area (Å²) in [6.07, 6.45) is 3.55. The number of imidazole rings is 1. The van der Waals surface area contributed by atoms with Gasteiger partial charge in [-0.05, 0) is 38.5 Å². The predicted molar refractivity (Wildman–Crippen MR) is 83.8 cm³/mol. The summed E-state index contributed by atoms with van der Waals surface area (Å²) in [6, 6.07) is 6.46. The van der Waals surface area contributed by atoms with E-state index in [2.05, 4.69) is 34.4 Å². The van der Waals surface area contributed by atoms with Gasteiger partial charge in [0.2, 0.25) is 0 Å². The molecule has 0 fully saturated rings. The van der Waals surface area contributed by atoms with Crippen LogP contribution in [0.25, 0.3) is 22.6 Å². The number of hydrogen-bond acceptors (Lipinski definition) is 4. The van der Waals surface area contributed by atoms with E-state index in [1.807, 2.05) is 19.1 Å². The summed E-state index contributed by atoms with van der Waals surface area (Å²) in [7, 11) is 0. The van der Waals surface area contributed by atoms with E-state index in [1.165, 1.54) is 0 Å². The van der Waals surface area contributed by atoms with Gasteiger partial charge in [0.05, 0.1) is 22.9 Å². The van der Waals surface area contributed by atoms with E-state index in [0.29, 0.717) is 6.54 Å². The zero-order valence-corrected chi connectivity index (χ0v) is 12.5. The van der Waals surface area contributed by atoms with Gasteiger partial charge in [-0.25, -0.2) is 9.97 Å². The normalized spacial score (nSPS) is 11.5. The van der Waals surface area contributed by atoms with Crippen molar-refractivity contribution in [3.8, 4) is 11.5 Å². The molecule has 3 rings (SSSR count). The van der Waals surface area contributed by atoms with Crippen molar-refractivity contribution in [1.82, 2.24) is 19.5 Å². The van der Waals surface area contributed by atoms with Gasteiger partial charge in [-0.15, -0.1) is 0 Å². The number of nitrogens with zero attached hydrogens (tertiary/aromatic N) is 4. The predicted octanol–water partition coefficient (Wildman–Crippen LogP) is 2.84. The number of aryl methyl sites for hydroxylation is 1. The minimum absolute atomic E-state index is 0.289. The lowest BCUT2D eigenvalue weighted by atomic mass is 10.2. The fourth-order valence-corrected chi connectivity index (χ4v) is 2.48. The molecule has 0 aliphatic carbocycles. The van der Waals surface area contributed by atoms with Crippen molar-refractivity contribution in [1.29, 1.82) is 0 Å². The molecule has 2 heterocycles. The fourth-order valence-electron chi connectivity index (χ4n) is 2.48. The molecule has 0 saturated carbocycles. The van der Waals surface area contributed by atoms with Crippen molar-refractivity contribution < 1.29 is 0 Å². The Hall–Kier alpha value is -2.27. The first kappa shape index (κ1) is 13.7. The molecule has 2 aromatic heterocycles. The van der Waals surface area contributed by atoms with E-state index < -0.39 is 0 Å². The highest BCUT2D eigenvalue weighted by molar-refractivity contribution is 5.80. The number of hydrogen-bond donors (Lipinski definition) is 1. The minimum Gasteiger partial charge on any atom is -0.326 e. The van der Waals surface area contributed by atoms with Crippen LogP contribution in [0.1, 0.15) is 31.1 Å². The fraction of sp³-hybridized carbons (Fsp3) is 0.312. The Kier molecular flexibility index (Phi) is 3.43. The average Bonchev–Trinajstić information content (AvgIpc) is 2.86. The first-order valence-corrected chi connectivity index (χ1v) is 7.10. The summed E-state index contributed by atoms with van der Waals surface area (Å²) < 4.78 is 2.19. The van der Waals surface area contributed by atoms with Crippen molar-refractivity contribution >= 4 is 11.0 Å². The molecule has 1 aromatic carbocycles. The van der Waals surface area contributed by atoms with Crippen molar-refractivity contribution in [3.63, 3.8) is 0 Å². The Morgan fingerprint density at radius 2 is 2.00 bits per heavy atom. The van der Waals surface area contributed by atoms with Gasteiger partial charge in [0.1, 0.15) is 5.69 Å². The third kappa shape index (κ3) is 2.40. The molecular formula is C16H19N5. The van der Waals surface area contributed by atoms with Gasteiger partial charge in [-0.1, -0.05) is 6.07 Å². The molecule has 5 nitrogen and oxygen atoms in total. The van der Waals surface area contributed by atoms with Gasteiger partial charge < -0.3 is 10.3 Å². The van der Waals surface area contributed by atoms with Crippen LogP contribution >= 0.6 is 0 Å². The molecule has 0 bridgehead atoms. The highest BCUT2D eigenvalue weighted by Gasteiger charge is 2.16. The summed E-state index contributed by atoms with van der Waals surface area (Å²) in [5.74, 6) is 0.849. The molecule has 0 aliphatic heterocycles. The second-order valence-corrected chi connectivity index (χ2v) is 5.47. The lowest BCUT2D eigenvalue weighted by molar-refractivity contribution is 0.623. The molecular weight excluding hydrogens is 262 g/mol. The molecule has 0 aliphatic rings. The lowest BCUT2D eigenvalue weighted by Crippen LogP contribution is -2.04. The maximum Gasteiger partial charge on any atom is 0.161 e. The van der Waals surface area contributed by atoms with E-state index in [-0.39, 0.29) is 6.04 Å². The SMILES string of the molecule is Cc1cnc(-c2nc3cc(CN)ccc3n2C(C)C)cn1. The summed E-state index contributed by atoms with van der Waals surface area (Å²) >= 11 is 0. The summed E-state index contributed by atoms with van der Waals surface area (Å²) in [5, 5.41) is 0. The van der Waals surface area contributed by atoms with Crippen LogP contribution < -0.4 is 5.73 Å². The number of nitrogens with two attached hydrogens (primary N) is 1. The molecule has 5 heteroatoms. The van der Waals surface area contributed by atoms with Crippen LogP contribution in [0.3, 0.4) is 0 Å². The van der Waals surface area contributed by atoms with Crippen LogP contribution in [0, 0.1) is 6.92 Å². The van der Waals surface area contributed by atoms with Gasteiger partial charge >= 0.3 is 0 Å². The maximum atomic E-state index is 5.72. The lowest BCUT2D eigenvalue weighted by Gasteiger charge is -2.12. The van der Waals surface area contributed by atoms with Gasteiger partial charge in [0, 0.05) is 18.8 Å². The van der Waals surface area contributed by atoms with Gasteiger partial charge in [0.25, 0.3) is 0 Å². The molecule has 0 atom stereocenters. The number of rotatable bonds is 3. The molecule has 0 unspecified atom stereocenters. The third-order valence-electron chi connectivity index (χ3n) is 3.52. The molecule has 0 saturated heterocycles. The van der Waals surface area contributed by atoms with Gasteiger partial charge in [-0.3, -0.25) is 4.98 Å². The highest BCUT2D eigenvalue weighted by Crippen LogP contribution is 2.27. The largest absolute Gasteiger partial charge is 0.326 e. The zero-order valence-electron chi connectivity index (χ0n) is 12.5. The highest BCUT2D eigenvalue weighted by atomic mass is 15.1. The summed E-state index contributed by atoms with van der Waals surface area (Å²) in [4.78, 5) is 13.5. The monoisotopic (exact) mass is 281 g/mol. The molecule has 0 amide bonds. The van der Waals surface area contributed by atoms with Gasteiger partial charge in [0.15, 0.2) is 5.82 Å². The number of fused-ring (bicyclic) bond motifs is 1. The second kappa shape index (κ2) is 5.26.